The Morgan fingerprint density at radius 1 is 1.21 bits per heavy atom. The van der Waals surface area contributed by atoms with Gasteiger partial charge in [0.15, 0.2) is 11.5 Å². The number of aliphatic carboxylic acids is 1. The Bertz CT molecular complexity index is 366. The van der Waals surface area contributed by atoms with Crippen molar-refractivity contribution in [2.75, 3.05) is 0 Å². The van der Waals surface area contributed by atoms with Crippen LogP contribution < -0.4 is 9.47 Å². The minimum Gasteiger partial charge on any atom is -0.476 e. The molecule has 1 aliphatic rings. The molecule has 0 bridgehead atoms. The highest BCUT2D eigenvalue weighted by Crippen LogP contribution is 2.40. The third-order valence-electron chi connectivity index (χ3n) is 2.16. The SMILES string of the molecule is Cc1ccc(C)c2c1OC(C(=O)O)O2. The van der Waals surface area contributed by atoms with Crippen LogP contribution in [-0.2, 0) is 4.79 Å². The number of hydrogen-bond donors (Lipinski definition) is 1. The maximum atomic E-state index is 10.6. The van der Waals surface area contributed by atoms with Crippen molar-refractivity contribution in [3.05, 3.63) is 23.3 Å². The zero-order chi connectivity index (χ0) is 10.3. The molecule has 0 amide bonds. The highest BCUT2D eigenvalue weighted by molar-refractivity contribution is 5.73. The summed E-state index contributed by atoms with van der Waals surface area (Å²) in [4.78, 5) is 10.6. The van der Waals surface area contributed by atoms with Crippen molar-refractivity contribution in [3.8, 4) is 11.5 Å². The molecule has 0 spiro atoms. The highest BCUT2D eigenvalue weighted by Gasteiger charge is 2.32. The molecule has 0 saturated heterocycles. The molecule has 4 nitrogen and oxygen atoms in total. The lowest BCUT2D eigenvalue weighted by Gasteiger charge is -2.02. The van der Waals surface area contributed by atoms with Gasteiger partial charge in [0.2, 0.25) is 0 Å². The molecular formula is C10H10O4. The lowest BCUT2D eigenvalue weighted by atomic mass is 10.1. The molecule has 0 saturated carbocycles. The van der Waals surface area contributed by atoms with Crippen LogP contribution in [0.4, 0.5) is 0 Å². The number of hydrogen-bond acceptors (Lipinski definition) is 3. The zero-order valence-electron chi connectivity index (χ0n) is 7.90. The van der Waals surface area contributed by atoms with Gasteiger partial charge in [0.25, 0.3) is 0 Å². The molecule has 1 heterocycles. The molecule has 74 valence electrons. The van der Waals surface area contributed by atoms with E-state index in [1.54, 1.807) is 0 Å². The van der Waals surface area contributed by atoms with E-state index in [1.165, 1.54) is 0 Å². The quantitative estimate of drug-likeness (QED) is 0.735. The Morgan fingerprint density at radius 3 is 2.00 bits per heavy atom. The van der Waals surface area contributed by atoms with Gasteiger partial charge >= 0.3 is 12.3 Å². The molecule has 1 aromatic carbocycles. The van der Waals surface area contributed by atoms with Gasteiger partial charge < -0.3 is 14.6 Å². The van der Waals surface area contributed by atoms with E-state index in [9.17, 15) is 4.79 Å². The molecule has 0 aliphatic carbocycles. The first-order valence-corrected chi connectivity index (χ1v) is 4.26. The van der Waals surface area contributed by atoms with E-state index in [4.69, 9.17) is 14.6 Å². The predicted octanol–water partition coefficient (Wildman–Crippen LogP) is 1.49. The van der Waals surface area contributed by atoms with Crippen LogP contribution in [0.5, 0.6) is 11.5 Å². The Hall–Kier alpha value is -1.71. The van der Waals surface area contributed by atoms with Gasteiger partial charge in [0, 0.05) is 0 Å². The number of carboxylic acids is 1. The second-order valence-electron chi connectivity index (χ2n) is 3.26. The maximum absolute atomic E-state index is 10.6. The average molecular weight is 194 g/mol. The van der Waals surface area contributed by atoms with E-state index in [1.807, 2.05) is 26.0 Å². The summed E-state index contributed by atoms with van der Waals surface area (Å²) in [6, 6.07) is 3.75. The summed E-state index contributed by atoms with van der Waals surface area (Å²) >= 11 is 0. The lowest BCUT2D eigenvalue weighted by Crippen LogP contribution is -2.28. The molecule has 1 aliphatic heterocycles. The molecule has 1 N–H and O–H groups in total. The van der Waals surface area contributed by atoms with Crippen molar-refractivity contribution in [1.29, 1.82) is 0 Å². The van der Waals surface area contributed by atoms with Crippen LogP contribution in [0, 0.1) is 13.8 Å². The van der Waals surface area contributed by atoms with Crippen LogP contribution in [0.1, 0.15) is 11.1 Å². The Morgan fingerprint density at radius 2 is 1.64 bits per heavy atom. The van der Waals surface area contributed by atoms with E-state index in [0.717, 1.165) is 11.1 Å². The minimum absolute atomic E-state index is 0.539. The second-order valence-corrected chi connectivity index (χ2v) is 3.26. The normalized spacial score (nSPS) is 14.4. The molecule has 0 atom stereocenters. The fourth-order valence-electron chi connectivity index (χ4n) is 1.39. The number of ether oxygens (including phenoxy) is 2. The number of benzene rings is 1. The van der Waals surface area contributed by atoms with Crippen molar-refractivity contribution < 1.29 is 19.4 Å². The third-order valence-corrected chi connectivity index (χ3v) is 2.16. The lowest BCUT2D eigenvalue weighted by molar-refractivity contribution is -0.154. The average Bonchev–Trinajstić information content (AvgIpc) is 2.57. The van der Waals surface area contributed by atoms with E-state index in [-0.39, 0.29) is 0 Å². The van der Waals surface area contributed by atoms with Crippen molar-refractivity contribution in [2.45, 2.75) is 20.1 Å². The van der Waals surface area contributed by atoms with Gasteiger partial charge in [-0.2, -0.15) is 0 Å². The van der Waals surface area contributed by atoms with Crippen LogP contribution >= 0.6 is 0 Å². The molecular weight excluding hydrogens is 184 g/mol. The van der Waals surface area contributed by atoms with Crippen LogP contribution in [0.15, 0.2) is 12.1 Å². The molecule has 0 unspecified atom stereocenters. The fraction of sp³-hybridized carbons (Fsp3) is 0.300. The number of carbonyl (C=O) groups is 1. The van der Waals surface area contributed by atoms with Gasteiger partial charge in [-0.25, -0.2) is 4.79 Å². The summed E-state index contributed by atoms with van der Waals surface area (Å²) in [5.74, 6) is -0.0326. The summed E-state index contributed by atoms with van der Waals surface area (Å²) in [5.41, 5.74) is 1.77. The standard InChI is InChI=1S/C10H10O4/c1-5-3-4-6(2)8-7(5)13-10(14-8)9(11)12/h3-4,10H,1-2H3,(H,11,12). The van der Waals surface area contributed by atoms with Crippen LogP contribution in [0.2, 0.25) is 0 Å². The maximum Gasteiger partial charge on any atom is 0.387 e. The van der Waals surface area contributed by atoms with Gasteiger partial charge in [0.1, 0.15) is 0 Å². The molecule has 0 radical (unpaired) electrons. The molecule has 0 fully saturated rings. The third kappa shape index (κ3) is 1.19. The second kappa shape index (κ2) is 2.90. The summed E-state index contributed by atoms with van der Waals surface area (Å²) in [5, 5.41) is 8.72. The molecule has 4 heteroatoms. The summed E-state index contributed by atoms with van der Waals surface area (Å²) in [6.45, 7) is 3.71. The molecule has 2 rings (SSSR count). The summed E-state index contributed by atoms with van der Waals surface area (Å²) in [7, 11) is 0. The molecule has 1 aromatic rings. The largest absolute Gasteiger partial charge is 0.476 e. The number of fused-ring (bicyclic) bond motifs is 1. The van der Waals surface area contributed by atoms with E-state index < -0.39 is 12.3 Å². The Labute approximate surface area is 81.1 Å². The van der Waals surface area contributed by atoms with Crippen LogP contribution in [0.25, 0.3) is 0 Å². The van der Waals surface area contributed by atoms with Crippen molar-refractivity contribution >= 4 is 5.97 Å². The van der Waals surface area contributed by atoms with Gasteiger partial charge in [-0.1, -0.05) is 12.1 Å². The topological polar surface area (TPSA) is 55.8 Å². The van der Waals surface area contributed by atoms with Gasteiger partial charge in [-0.15, -0.1) is 0 Å². The van der Waals surface area contributed by atoms with Crippen molar-refractivity contribution in [3.63, 3.8) is 0 Å². The monoisotopic (exact) mass is 194 g/mol. The van der Waals surface area contributed by atoms with Crippen LogP contribution in [0.3, 0.4) is 0 Å². The Kier molecular flexibility index (Phi) is 1.84. The van der Waals surface area contributed by atoms with E-state index >= 15 is 0 Å². The molecule has 0 aromatic heterocycles. The minimum atomic E-state index is -1.20. The smallest absolute Gasteiger partial charge is 0.387 e. The number of rotatable bonds is 1. The van der Waals surface area contributed by atoms with E-state index in [0.29, 0.717) is 11.5 Å². The number of carboxylic acid groups (broad SMARTS) is 1. The van der Waals surface area contributed by atoms with Gasteiger partial charge in [-0.3, -0.25) is 0 Å². The fourth-order valence-corrected chi connectivity index (χ4v) is 1.39. The number of aryl methyl sites for hydroxylation is 2. The zero-order valence-corrected chi connectivity index (χ0v) is 7.90. The van der Waals surface area contributed by atoms with Crippen LogP contribution in [-0.4, -0.2) is 17.4 Å². The van der Waals surface area contributed by atoms with E-state index in [2.05, 4.69) is 0 Å². The first kappa shape index (κ1) is 8.87. The summed E-state index contributed by atoms with van der Waals surface area (Å²) in [6.07, 6.45) is -1.20. The van der Waals surface area contributed by atoms with Gasteiger partial charge in [0.05, 0.1) is 0 Å². The first-order valence-electron chi connectivity index (χ1n) is 4.26. The molecule has 14 heavy (non-hydrogen) atoms. The van der Waals surface area contributed by atoms with Gasteiger partial charge in [-0.05, 0) is 25.0 Å². The summed E-state index contributed by atoms with van der Waals surface area (Å²) < 4.78 is 10.3. The van der Waals surface area contributed by atoms with Crippen molar-refractivity contribution in [2.24, 2.45) is 0 Å². The first-order chi connectivity index (χ1) is 6.59. The predicted molar refractivity (Wildman–Crippen MR) is 48.6 cm³/mol. The Balaban J connectivity index is 2.43. The van der Waals surface area contributed by atoms with Crippen molar-refractivity contribution in [1.82, 2.24) is 0 Å². The highest BCUT2D eigenvalue weighted by atomic mass is 16.7.